The van der Waals surface area contributed by atoms with E-state index in [2.05, 4.69) is 53.2 Å². The Morgan fingerprint density at radius 3 is 2.76 bits per heavy atom. The number of aromatic nitrogens is 2. The molecule has 2 aromatic heterocycles. The third-order valence-electron chi connectivity index (χ3n) is 5.56. The summed E-state index contributed by atoms with van der Waals surface area (Å²) in [6, 6.07) is 4.18. The number of rotatable bonds is 8. The van der Waals surface area contributed by atoms with Gasteiger partial charge in [0.2, 0.25) is 0 Å². The number of hydrogen-bond acceptors (Lipinski definition) is 4. The lowest BCUT2D eigenvalue weighted by atomic mass is 10.0. The van der Waals surface area contributed by atoms with Crippen LogP contribution >= 0.6 is 24.0 Å². The molecule has 0 amide bonds. The molecule has 29 heavy (non-hydrogen) atoms. The van der Waals surface area contributed by atoms with Crippen LogP contribution in [0.2, 0.25) is 0 Å². The minimum absolute atomic E-state index is 0. The van der Waals surface area contributed by atoms with Gasteiger partial charge in [-0.05, 0) is 44.1 Å². The molecule has 0 aliphatic carbocycles. The monoisotopic (exact) mass is 514 g/mol. The SMILES string of the molecule is CCNC(=NCC(c1ccco1)N(CC)CC)N1CCC(c2cnn(C)c2)C1.I. The van der Waals surface area contributed by atoms with Crippen LogP contribution < -0.4 is 5.32 Å². The molecular weight excluding hydrogens is 479 g/mol. The topological polar surface area (TPSA) is 61.8 Å². The second-order valence-corrected chi connectivity index (χ2v) is 7.33. The lowest BCUT2D eigenvalue weighted by molar-refractivity contribution is 0.198. The predicted molar refractivity (Wildman–Crippen MR) is 128 cm³/mol. The molecule has 1 saturated heterocycles. The van der Waals surface area contributed by atoms with E-state index in [4.69, 9.17) is 9.41 Å². The van der Waals surface area contributed by atoms with E-state index in [1.807, 2.05) is 24.0 Å². The molecule has 0 saturated carbocycles. The molecule has 0 radical (unpaired) electrons. The maximum Gasteiger partial charge on any atom is 0.194 e. The van der Waals surface area contributed by atoms with Crippen molar-refractivity contribution in [1.82, 2.24) is 24.9 Å². The normalized spacial score (nSPS) is 18.2. The fourth-order valence-corrected chi connectivity index (χ4v) is 4.01. The molecule has 1 aliphatic rings. The van der Waals surface area contributed by atoms with E-state index >= 15 is 0 Å². The van der Waals surface area contributed by atoms with Crippen LogP contribution in [0.15, 0.2) is 40.2 Å². The summed E-state index contributed by atoms with van der Waals surface area (Å²) < 4.78 is 7.61. The van der Waals surface area contributed by atoms with Crippen LogP contribution in [-0.2, 0) is 7.05 Å². The van der Waals surface area contributed by atoms with E-state index < -0.39 is 0 Å². The van der Waals surface area contributed by atoms with Crippen LogP contribution in [0.3, 0.4) is 0 Å². The third kappa shape index (κ3) is 5.97. The highest BCUT2D eigenvalue weighted by Gasteiger charge is 2.27. The Morgan fingerprint density at radius 1 is 1.38 bits per heavy atom. The molecule has 2 aromatic rings. The molecule has 8 heteroatoms. The number of aliphatic imine (C=N–C) groups is 1. The van der Waals surface area contributed by atoms with Crippen molar-refractivity contribution in [3.63, 3.8) is 0 Å². The van der Waals surface area contributed by atoms with Crippen LogP contribution in [-0.4, -0.2) is 64.8 Å². The standard InChI is InChI=1S/C21H34N6O.HI/c1-5-22-21(27-11-10-17(16-27)18-13-24-25(4)15-18)23-14-19(26(6-2)7-3)20-9-8-12-28-20;/h8-9,12-13,15,17,19H,5-7,10-11,14,16H2,1-4H3,(H,22,23);1H. The van der Waals surface area contributed by atoms with Gasteiger partial charge in [-0.2, -0.15) is 5.10 Å². The van der Waals surface area contributed by atoms with Crippen LogP contribution in [0, 0.1) is 0 Å². The largest absolute Gasteiger partial charge is 0.468 e. The summed E-state index contributed by atoms with van der Waals surface area (Å²) in [6.07, 6.45) is 7.00. The van der Waals surface area contributed by atoms with Gasteiger partial charge in [0.05, 0.1) is 25.0 Å². The van der Waals surface area contributed by atoms with Gasteiger partial charge in [0.1, 0.15) is 5.76 Å². The van der Waals surface area contributed by atoms with Gasteiger partial charge in [-0.1, -0.05) is 13.8 Å². The Kier molecular flexibility index (Phi) is 9.48. The van der Waals surface area contributed by atoms with Crippen molar-refractivity contribution < 1.29 is 4.42 Å². The zero-order valence-electron chi connectivity index (χ0n) is 18.0. The lowest BCUT2D eigenvalue weighted by Crippen LogP contribution is -2.41. The smallest absolute Gasteiger partial charge is 0.194 e. The molecule has 1 N–H and O–H groups in total. The van der Waals surface area contributed by atoms with E-state index in [1.165, 1.54) is 5.56 Å². The van der Waals surface area contributed by atoms with E-state index in [9.17, 15) is 0 Å². The van der Waals surface area contributed by atoms with Crippen LogP contribution in [0.4, 0.5) is 0 Å². The lowest BCUT2D eigenvalue weighted by Gasteiger charge is -2.28. The first-order valence-corrected chi connectivity index (χ1v) is 10.4. The second-order valence-electron chi connectivity index (χ2n) is 7.33. The quantitative estimate of drug-likeness (QED) is 0.332. The molecular formula is C21H35IN6O. The number of aryl methyl sites for hydroxylation is 1. The fourth-order valence-electron chi connectivity index (χ4n) is 4.01. The van der Waals surface area contributed by atoms with Gasteiger partial charge in [-0.3, -0.25) is 14.6 Å². The number of halogens is 1. The number of guanidine groups is 1. The van der Waals surface area contributed by atoms with E-state index in [-0.39, 0.29) is 30.0 Å². The molecule has 7 nitrogen and oxygen atoms in total. The van der Waals surface area contributed by atoms with Crippen molar-refractivity contribution in [2.75, 3.05) is 39.3 Å². The van der Waals surface area contributed by atoms with Gasteiger partial charge in [0.15, 0.2) is 5.96 Å². The molecule has 1 fully saturated rings. The minimum Gasteiger partial charge on any atom is -0.468 e. The first-order chi connectivity index (χ1) is 13.7. The van der Waals surface area contributed by atoms with Gasteiger partial charge >= 0.3 is 0 Å². The Hall–Kier alpha value is -1.55. The summed E-state index contributed by atoms with van der Waals surface area (Å²) in [6.45, 7) is 12.0. The molecule has 0 bridgehead atoms. The van der Waals surface area contributed by atoms with Crippen LogP contribution in [0.5, 0.6) is 0 Å². The van der Waals surface area contributed by atoms with Gasteiger partial charge in [0, 0.05) is 38.8 Å². The average molecular weight is 514 g/mol. The molecule has 162 valence electrons. The van der Waals surface area contributed by atoms with E-state index in [1.54, 1.807) is 6.26 Å². The van der Waals surface area contributed by atoms with E-state index in [0.717, 1.165) is 50.9 Å². The third-order valence-corrected chi connectivity index (χ3v) is 5.56. The Morgan fingerprint density at radius 2 is 2.17 bits per heavy atom. The molecule has 0 spiro atoms. The second kappa shape index (κ2) is 11.6. The van der Waals surface area contributed by atoms with Crippen molar-refractivity contribution in [3.8, 4) is 0 Å². The van der Waals surface area contributed by atoms with Crippen molar-refractivity contribution in [2.24, 2.45) is 12.0 Å². The van der Waals surface area contributed by atoms with E-state index in [0.29, 0.717) is 12.5 Å². The summed E-state index contributed by atoms with van der Waals surface area (Å²) in [7, 11) is 1.98. The van der Waals surface area contributed by atoms with Crippen molar-refractivity contribution >= 4 is 29.9 Å². The summed E-state index contributed by atoms with van der Waals surface area (Å²) in [5.74, 6) is 2.50. The summed E-state index contributed by atoms with van der Waals surface area (Å²) in [5.41, 5.74) is 1.32. The summed E-state index contributed by atoms with van der Waals surface area (Å²) in [4.78, 5) is 9.79. The number of hydrogen-bond donors (Lipinski definition) is 1. The zero-order valence-corrected chi connectivity index (χ0v) is 20.4. The highest BCUT2D eigenvalue weighted by molar-refractivity contribution is 14.0. The Balaban J connectivity index is 0.00000300. The Labute approximate surface area is 191 Å². The van der Waals surface area contributed by atoms with Crippen molar-refractivity contribution in [2.45, 2.75) is 39.2 Å². The highest BCUT2D eigenvalue weighted by Crippen LogP contribution is 2.27. The summed E-state index contributed by atoms with van der Waals surface area (Å²) in [5, 5.41) is 7.81. The fraction of sp³-hybridized carbons (Fsp3) is 0.619. The molecule has 2 atom stereocenters. The molecule has 3 rings (SSSR count). The van der Waals surface area contributed by atoms with Crippen LogP contribution in [0.1, 0.15) is 50.5 Å². The highest BCUT2D eigenvalue weighted by atomic mass is 127. The molecule has 2 unspecified atom stereocenters. The van der Waals surface area contributed by atoms with Gasteiger partial charge in [-0.15, -0.1) is 24.0 Å². The number of likely N-dealkylation sites (N-methyl/N-ethyl adjacent to an activating group) is 1. The summed E-state index contributed by atoms with van der Waals surface area (Å²) >= 11 is 0. The zero-order chi connectivity index (χ0) is 19.9. The molecule has 3 heterocycles. The first kappa shape index (κ1) is 23.7. The number of furan rings is 1. The average Bonchev–Trinajstić information content (AvgIpc) is 3.45. The van der Waals surface area contributed by atoms with Gasteiger partial charge in [-0.25, -0.2) is 0 Å². The first-order valence-electron chi connectivity index (χ1n) is 10.4. The minimum atomic E-state index is 0. The Bertz CT molecular complexity index is 740. The maximum atomic E-state index is 5.72. The number of nitrogens with zero attached hydrogens (tertiary/aromatic N) is 5. The van der Waals surface area contributed by atoms with Crippen LogP contribution in [0.25, 0.3) is 0 Å². The number of nitrogens with one attached hydrogen (secondary N) is 1. The van der Waals surface area contributed by atoms with Crippen molar-refractivity contribution in [1.29, 1.82) is 0 Å². The number of likely N-dealkylation sites (tertiary alicyclic amines) is 1. The molecule has 1 aliphatic heterocycles. The van der Waals surface area contributed by atoms with Gasteiger partial charge < -0.3 is 14.6 Å². The molecule has 0 aromatic carbocycles. The maximum absolute atomic E-state index is 5.72. The predicted octanol–water partition coefficient (Wildman–Crippen LogP) is 3.47. The van der Waals surface area contributed by atoms with Crippen molar-refractivity contribution in [3.05, 3.63) is 42.1 Å². The van der Waals surface area contributed by atoms with Gasteiger partial charge in [0.25, 0.3) is 0 Å².